The predicted octanol–water partition coefficient (Wildman–Crippen LogP) is 9.83. The van der Waals surface area contributed by atoms with Crippen LogP contribution in [0.25, 0.3) is 0 Å². The van der Waals surface area contributed by atoms with E-state index in [0.29, 0.717) is 0 Å². The molecular formula is C32H54N2O. The maximum Gasteiger partial charge on any atom is 0.119 e. The van der Waals surface area contributed by atoms with Gasteiger partial charge in [0, 0.05) is 24.3 Å². The first kappa shape index (κ1) is 32.7. The van der Waals surface area contributed by atoms with E-state index in [2.05, 4.69) is 49.5 Å². The number of aldehydes is 1. The Kier molecular flexibility index (Phi) is 26.1. The van der Waals surface area contributed by atoms with Gasteiger partial charge in [-0.25, -0.2) is 0 Å². The first-order valence-electron chi connectivity index (χ1n) is 14.3. The van der Waals surface area contributed by atoms with Gasteiger partial charge in [0.05, 0.1) is 0 Å². The predicted molar refractivity (Wildman–Crippen MR) is 157 cm³/mol. The summed E-state index contributed by atoms with van der Waals surface area (Å²) in [7, 11) is 0. The SMILES string of the molecule is CCCCCCCCCC=O.CCCCCCCCCCNc1ccccc1.Nc1ccccc1. The average Bonchev–Trinajstić information content (AvgIpc) is 2.89. The second kappa shape index (κ2) is 28.0. The Hall–Kier alpha value is -2.29. The smallest absolute Gasteiger partial charge is 0.119 e. The molecule has 3 nitrogen and oxygen atoms in total. The van der Waals surface area contributed by atoms with Crippen molar-refractivity contribution in [3.8, 4) is 0 Å². The molecular weight excluding hydrogens is 428 g/mol. The van der Waals surface area contributed by atoms with E-state index in [1.807, 2.05) is 30.3 Å². The highest BCUT2D eigenvalue weighted by Crippen LogP contribution is 2.10. The van der Waals surface area contributed by atoms with Gasteiger partial charge in [0.2, 0.25) is 0 Å². The molecule has 0 spiro atoms. The molecule has 0 radical (unpaired) electrons. The maximum atomic E-state index is 9.94. The molecule has 0 unspecified atom stereocenters. The molecule has 3 N–H and O–H groups in total. The molecule has 3 heteroatoms. The molecule has 0 atom stereocenters. The fraction of sp³-hybridized carbons (Fsp3) is 0.594. The normalized spacial score (nSPS) is 9.89. The Morgan fingerprint density at radius 3 is 1.46 bits per heavy atom. The van der Waals surface area contributed by atoms with Gasteiger partial charge in [0.15, 0.2) is 0 Å². The van der Waals surface area contributed by atoms with Gasteiger partial charge in [-0.1, -0.05) is 134 Å². The molecule has 0 aliphatic rings. The molecule has 0 fully saturated rings. The highest BCUT2D eigenvalue weighted by atomic mass is 16.1. The summed E-state index contributed by atoms with van der Waals surface area (Å²) in [6.45, 7) is 5.61. The van der Waals surface area contributed by atoms with Crippen LogP contribution in [0.1, 0.15) is 117 Å². The summed E-state index contributed by atoms with van der Waals surface area (Å²) in [6.07, 6.45) is 21.9. The molecule has 0 heterocycles. The second-order valence-electron chi connectivity index (χ2n) is 9.26. The van der Waals surface area contributed by atoms with Crippen LogP contribution in [0.15, 0.2) is 60.7 Å². The molecule has 0 aromatic heterocycles. The lowest BCUT2D eigenvalue weighted by Gasteiger charge is -2.05. The number of unbranched alkanes of at least 4 members (excludes halogenated alkanes) is 14. The van der Waals surface area contributed by atoms with Crippen LogP contribution in [0.2, 0.25) is 0 Å². The Morgan fingerprint density at radius 1 is 0.600 bits per heavy atom. The van der Waals surface area contributed by atoms with Crippen molar-refractivity contribution >= 4 is 17.7 Å². The minimum absolute atomic E-state index is 0.758. The van der Waals surface area contributed by atoms with Crippen LogP contribution in [-0.4, -0.2) is 12.8 Å². The largest absolute Gasteiger partial charge is 0.399 e. The number of carbonyl (C=O) groups is 1. The first-order valence-corrected chi connectivity index (χ1v) is 14.3. The Balaban J connectivity index is 0.000000548. The number of hydrogen-bond donors (Lipinski definition) is 2. The molecule has 0 aliphatic heterocycles. The zero-order valence-corrected chi connectivity index (χ0v) is 22.9. The third-order valence-corrected chi connectivity index (χ3v) is 5.86. The Bertz CT molecular complexity index is 645. The van der Waals surface area contributed by atoms with Gasteiger partial charge < -0.3 is 15.8 Å². The van der Waals surface area contributed by atoms with Crippen molar-refractivity contribution < 1.29 is 4.79 Å². The second-order valence-corrected chi connectivity index (χ2v) is 9.26. The van der Waals surface area contributed by atoms with Gasteiger partial charge in [0.1, 0.15) is 6.29 Å². The Labute approximate surface area is 217 Å². The molecule has 2 aromatic rings. The van der Waals surface area contributed by atoms with Crippen molar-refractivity contribution in [2.45, 2.75) is 117 Å². The average molecular weight is 483 g/mol. The quantitative estimate of drug-likeness (QED) is 0.126. The number of nitrogen functional groups attached to an aromatic ring is 1. The van der Waals surface area contributed by atoms with Crippen LogP contribution < -0.4 is 11.1 Å². The highest BCUT2D eigenvalue weighted by Gasteiger charge is 1.92. The summed E-state index contributed by atoms with van der Waals surface area (Å²) in [6, 6.07) is 20.0. The fourth-order valence-corrected chi connectivity index (χ4v) is 3.69. The van der Waals surface area contributed by atoms with E-state index in [-0.39, 0.29) is 0 Å². The minimum atomic E-state index is 0.758. The van der Waals surface area contributed by atoms with E-state index in [9.17, 15) is 4.79 Å². The minimum Gasteiger partial charge on any atom is -0.399 e. The van der Waals surface area contributed by atoms with Gasteiger partial charge in [0.25, 0.3) is 0 Å². The topological polar surface area (TPSA) is 55.1 Å². The monoisotopic (exact) mass is 482 g/mol. The number of para-hydroxylation sites is 2. The number of benzene rings is 2. The zero-order chi connectivity index (χ0) is 25.7. The van der Waals surface area contributed by atoms with E-state index in [1.165, 1.54) is 95.6 Å². The van der Waals surface area contributed by atoms with Crippen molar-refractivity contribution in [3.05, 3.63) is 60.7 Å². The van der Waals surface area contributed by atoms with Crippen LogP contribution in [0.4, 0.5) is 11.4 Å². The van der Waals surface area contributed by atoms with Gasteiger partial charge in [-0.2, -0.15) is 0 Å². The van der Waals surface area contributed by atoms with Gasteiger partial charge in [-0.05, 0) is 37.1 Å². The number of rotatable bonds is 18. The van der Waals surface area contributed by atoms with Crippen molar-refractivity contribution in [3.63, 3.8) is 0 Å². The summed E-state index contributed by atoms with van der Waals surface area (Å²) >= 11 is 0. The first-order chi connectivity index (χ1) is 17.2. The van der Waals surface area contributed by atoms with E-state index < -0.39 is 0 Å². The van der Waals surface area contributed by atoms with Crippen LogP contribution in [0, 0.1) is 0 Å². The third-order valence-electron chi connectivity index (χ3n) is 5.86. The van der Waals surface area contributed by atoms with E-state index in [4.69, 9.17) is 5.73 Å². The van der Waals surface area contributed by atoms with Crippen molar-refractivity contribution in [2.24, 2.45) is 0 Å². The lowest BCUT2D eigenvalue weighted by Crippen LogP contribution is -2.00. The summed E-state index contributed by atoms with van der Waals surface area (Å²) in [4.78, 5) is 9.94. The maximum absolute atomic E-state index is 9.94. The number of nitrogens with one attached hydrogen (secondary N) is 1. The summed E-state index contributed by atoms with van der Waals surface area (Å²) in [5, 5.41) is 3.46. The standard InChI is InChI=1S/C16H27N.C10H20O.C6H7N/c1-2-3-4-5-6-7-8-12-15-17-16-13-10-9-11-14-16;1-2-3-4-5-6-7-8-9-10-11;7-6-4-2-1-3-5-6/h9-11,13-14,17H,2-8,12,15H2,1H3;10H,2-9H2,1H3;1-5H,7H2. The molecule has 35 heavy (non-hydrogen) atoms. The van der Waals surface area contributed by atoms with Gasteiger partial charge >= 0.3 is 0 Å². The molecule has 0 bridgehead atoms. The van der Waals surface area contributed by atoms with Crippen LogP contribution in [-0.2, 0) is 4.79 Å². The van der Waals surface area contributed by atoms with E-state index in [1.54, 1.807) is 0 Å². The van der Waals surface area contributed by atoms with Crippen molar-refractivity contribution in [2.75, 3.05) is 17.6 Å². The number of carbonyl (C=O) groups excluding carboxylic acids is 1. The van der Waals surface area contributed by atoms with Crippen molar-refractivity contribution in [1.82, 2.24) is 0 Å². The van der Waals surface area contributed by atoms with Crippen LogP contribution in [0.5, 0.6) is 0 Å². The molecule has 0 saturated carbocycles. The fourth-order valence-electron chi connectivity index (χ4n) is 3.69. The number of anilines is 2. The number of nitrogens with two attached hydrogens (primary N) is 1. The van der Waals surface area contributed by atoms with Crippen LogP contribution in [0.3, 0.4) is 0 Å². The molecule has 0 amide bonds. The van der Waals surface area contributed by atoms with Gasteiger partial charge in [-0.3, -0.25) is 0 Å². The Morgan fingerprint density at radius 2 is 1.03 bits per heavy atom. The van der Waals surface area contributed by atoms with Crippen molar-refractivity contribution in [1.29, 1.82) is 0 Å². The lowest BCUT2D eigenvalue weighted by atomic mass is 10.1. The van der Waals surface area contributed by atoms with E-state index >= 15 is 0 Å². The number of hydrogen-bond acceptors (Lipinski definition) is 3. The molecule has 2 aromatic carbocycles. The highest BCUT2D eigenvalue weighted by molar-refractivity contribution is 5.48. The zero-order valence-electron chi connectivity index (χ0n) is 22.9. The van der Waals surface area contributed by atoms with E-state index in [0.717, 1.165) is 31.4 Å². The molecule has 2 rings (SSSR count). The summed E-state index contributed by atoms with van der Waals surface area (Å²) in [5.41, 5.74) is 7.43. The summed E-state index contributed by atoms with van der Waals surface area (Å²) < 4.78 is 0. The molecule has 0 aliphatic carbocycles. The molecule has 198 valence electrons. The molecule has 0 saturated heterocycles. The van der Waals surface area contributed by atoms with Crippen LogP contribution >= 0.6 is 0 Å². The summed E-state index contributed by atoms with van der Waals surface area (Å²) in [5.74, 6) is 0. The lowest BCUT2D eigenvalue weighted by molar-refractivity contribution is -0.107. The third kappa shape index (κ3) is 26.2. The van der Waals surface area contributed by atoms with Gasteiger partial charge in [-0.15, -0.1) is 0 Å².